The molecule has 1 fully saturated rings. The molecule has 4 heteroatoms. The Balaban J connectivity index is 1.71. The number of hydrogen-bond donors (Lipinski definition) is 2. The van der Waals surface area contributed by atoms with Crippen LogP contribution in [0.1, 0.15) is 32.6 Å². The van der Waals surface area contributed by atoms with Gasteiger partial charge in [0, 0.05) is 6.04 Å². The highest BCUT2D eigenvalue weighted by Gasteiger charge is 2.24. The minimum Gasteiger partial charge on any atom is -0.491 e. The zero-order chi connectivity index (χ0) is 13.7. The van der Waals surface area contributed by atoms with Gasteiger partial charge in [0.05, 0.1) is 18.7 Å². The predicted octanol–water partition coefficient (Wildman–Crippen LogP) is 2.34. The number of hydrogen-bond acceptors (Lipinski definition) is 3. The fourth-order valence-electron chi connectivity index (χ4n) is 2.50. The summed E-state index contributed by atoms with van der Waals surface area (Å²) in [4.78, 5) is 11.8. The Labute approximate surface area is 114 Å². The molecule has 0 spiro atoms. The third-order valence-electron chi connectivity index (χ3n) is 3.71. The number of anilines is 1. The molecule has 2 rings (SSSR count). The van der Waals surface area contributed by atoms with Crippen molar-refractivity contribution in [2.75, 3.05) is 12.3 Å². The SMILES string of the molecule is CC1CCCC1NC(=O)CCOc1ccccc1N. The Morgan fingerprint density at radius 3 is 2.89 bits per heavy atom. The quantitative estimate of drug-likeness (QED) is 0.801. The lowest BCUT2D eigenvalue weighted by Crippen LogP contribution is -2.37. The van der Waals surface area contributed by atoms with E-state index in [0.29, 0.717) is 36.4 Å². The number of benzene rings is 1. The van der Waals surface area contributed by atoms with Crippen LogP contribution in [-0.2, 0) is 4.79 Å². The first kappa shape index (κ1) is 13.7. The molecular formula is C15H22N2O2. The van der Waals surface area contributed by atoms with Crippen molar-refractivity contribution in [1.82, 2.24) is 5.32 Å². The third kappa shape index (κ3) is 3.88. The van der Waals surface area contributed by atoms with E-state index in [1.54, 1.807) is 6.07 Å². The molecule has 0 radical (unpaired) electrons. The summed E-state index contributed by atoms with van der Waals surface area (Å²) in [6.45, 7) is 2.56. The summed E-state index contributed by atoms with van der Waals surface area (Å²) in [5, 5.41) is 3.08. The van der Waals surface area contributed by atoms with Crippen molar-refractivity contribution in [2.45, 2.75) is 38.6 Å². The monoisotopic (exact) mass is 262 g/mol. The van der Waals surface area contributed by atoms with Crippen LogP contribution in [0.25, 0.3) is 0 Å². The normalized spacial score (nSPS) is 22.2. The van der Waals surface area contributed by atoms with E-state index < -0.39 is 0 Å². The number of carbonyl (C=O) groups is 1. The van der Waals surface area contributed by atoms with Gasteiger partial charge in [0.2, 0.25) is 5.91 Å². The van der Waals surface area contributed by atoms with E-state index in [1.807, 2.05) is 18.2 Å². The standard InChI is InChI=1S/C15H22N2O2/c1-11-5-4-7-13(11)17-15(18)9-10-19-14-8-3-2-6-12(14)16/h2-3,6,8,11,13H,4-5,7,9-10,16H2,1H3,(H,17,18). The maximum atomic E-state index is 11.8. The lowest BCUT2D eigenvalue weighted by atomic mass is 10.1. The van der Waals surface area contributed by atoms with Crippen molar-refractivity contribution in [3.8, 4) is 5.75 Å². The predicted molar refractivity (Wildman–Crippen MR) is 75.9 cm³/mol. The Morgan fingerprint density at radius 1 is 1.42 bits per heavy atom. The molecule has 4 nitrogen and oxygen atoms in total. The Morgan fingerprint density at radius 2 is 2.21 bits per heavy atom. The van der Waals surface area contributed by atoms with Gasteiger partial charge in [-0.05, 0) is 30.9 Å². The van der Waals surface area contributed by atoms with Gasteiger partial charge in [-0.2, -0.15) is 0 Å². The van der Waals surface area contributed by atoms with Gasteiger partial charge in [-0.25, -0.2) is 0 Å². The lowest BCUT2D eigenvalue weighted by Gasteiger charge is -2.17. The maximum absolute atomic E-state index is 11.8. The highest BCUT2D eigenvalue weighted by molar-refractivity contribution is 5.76. The first-order valence-corrected chi connectivity index (χ1v) is 6.93. The molecule has 2 unspecified atom stereocenters. The number of nitrogens with two attached hydrogens (primary N) is 1. The number of carbonyl (C=O) groups excluding carboxylic acids is 1. The summed E-state index contributed by atoms with van der Waals surface area (Å²) >= 11 is 0. The Bertz CT molecular complexity index is 434. The molecule has 0 bridgehead atoms. The van der Waals surface area contributed by atoms with Gasteiger partial charge in [-0.1, -0.05) is 25.5 Å². The fourth-order valence-corrected chi connectivity index (χ4v) is 2.50. The minimum atomic E-state index is 0.0632. The van der Waals surface area contributed by atoms with E-state index in [1.165, 1.54) is 12.8 Å². The van der Waals surface area contributed by atoms with E-state index in [4.69, 9.17) is 10.5 Å². The summed E-state index contributed by atoms with van der Waals surface area (Å²) in [7, 11) is 0. The average Bonchev–Trinajstić information content (AvgIpc) is 2.77. The Kier molecular flexibility index (Phi) is 4.66. The molecule has 0 aliphatic heterocycles. The van der Waals surface area contributed by atoms with Crippen LogP contribution in [0.4, 0.5) is 5.69 Å². The summed E-state index contributed by atoms with van der Waals surface area (Å²) in [6, 6.07) is 7.67. The second kappa shape index (κ2) is 6.45. The van der Waals surface area contributed by atoms with Crippen molar-refractivity contribution in [3.63, 3.8) is 0 Å². The summed E-state index contributed by atoms with van der Waals surface area (Å²) in [5.41, 5.74) is 6.37. The van der Waals surface area contributed by atoms with Gasteiger partial charge in [0.15, 0.2) is 0 Å². The van der Waals surface area contributed by atoms with Crippen LogP contribution in [0.5, 0.6) is 5.75 Å². The molecule has 1 aliphatic carbocycles. The molecule has 2 atom stereocenters. The third-order valence-corrected chi connectivity index (χ3v) is 3.71. The molecule has 1 aromatic carbocycles. The van der Waals surface area contributed by atoms with Crippen LogP contribution >= 0.6 is 0 Å². The zero-order valence-electron chi connectivity index (χ0n) is 11.4. The van der Waals surface area contributed by atoms with E-state index in [-0.39, 0.29) is 5.91 Å². The topological polar surface area (TPSA) is 64.3 Å². The van der Waals surface area contributed by atoms with Crippen LogP contribution < -0.4 is 15.8 Å². The van der Waals surface area contributed by atoms with Crippen LogP contribution in [0.15, 0.2) is 24.3 Å². The van der Waals surface area contributed by atoms with Crippen LogP contribution in [0.3, 0.4) is 0 Å². The van der Waals surface area contributed by atoms with E-state index in [9.17, 15) is 4.79 Å². The van der Waals surface area contributed by atoms with Crippen molar-refractivity contribution in [2.24, 2.45) is 5.92 Å². The fraction of sp³-hybridized carbons (Fsp3) is 0.533. The second-order valence-electron chi connectivity index (χ2n) is 5.22. The van der Waals surface area contributed by atoms with E-state index in [0.717, 1.165) is 6.42 Å². The number of ether oxygens (including phenoxy) is 1. The zero-order valence-corrected chi connectivity index (χ0v) is 11.4. The lowest BCUT2D eigenvalue weighted by molar-refractivity contribution is -0.122. The summed E-state index contributed by atoms with van der Waals surface area (Å²) < 4.78 is 5.51. The number of nitrogens with one attached hydrogen (secondary N) is 1. The van der Waals surface area contributed by atoms with Crippen molar-refractivity contribution < 1.29 is 9.53 Å². The van der Waals surface area contributed by atoms with Crippen LogP contribution in [0, 0.1) is 5.92 Å². The van der Waals surface area contributed by atoms with E-state index >= 15 is 0 Å². The number of nitrogen functional groups attached to an aromatic ring is 1. The Hall–Kier alpha value is -1.71. The molecule has 0 aromatic heterocycles. The van der Waals surface area contributed by atoms with Crippen molar-refractivity contribution in [1.29, 1.82) is 0 Å². The maximum Gasteiger partial charge on any atom is 0.223 e. The van der Waals surface area contributed by atoms with Crippen LogP contribution in [-0.4, -0.2) is 18.6 Å². The molecule has 19 heavy (non-hydrogen) atoms. The highest BCUT2D eigenvalue weighted by Crippen LogP contribution is 2.24. The molecule has 1 saturated carbocycles. The van der Waals surface area contributed by atoms with Gasteiger partial charge in [-0.3, -0.25) is 4.79 Å². The molecule has 104 valence electrons. The first-order valence-electron chi connectivity index (χ1n) is 6.93. The van der Waals surface area contributed by atoms with Gasteiger partial charge < -0.3 is 15.8 Å². The molecule has 0 saturated heterocycles. The number of para-hydroxylation sites is 2. The smallest absolute Gasteiger partial charge is 0.223 e. The molecular weight excluding hydrogens is 240 g/mol. The van der Waals surface area contributed by atoms with Crippen molar-refractivity contribution >= 4 is 11.6 Å². The molecule has 1 amide bonds. The van der Waals surface area contributed by atoms with Gasteiger partial charge in [0.25, 0.3) is 0 Å². The largest absolute Gasteiger partial charge is 0.491 e. The average molecular weight is 262 g/mol. The second-order valence-corrected chi connectivity index (χ2v) is 5.22. The van der Waals surface area contributed by atoms with Gasteiger partial charge >= 0.3 is 0 Å². The van der Waals surface area contributed by atoms with E-state index in [2.05, 4.69) is 12.2 Å². The first-order chi connectivity index (χ1) is 9.16. The summed E-state index contributed by atoms with van der Waals surface area (Å²) in [6.07, 6.45) is 3.89. The van der Waals surface area contributed by atoms with Gasteiger partial charge in [0.1, 0.15) is 5.75 Å². The minimum absolute atomic E-state index is 0.0632. The van der Waals surface area contributed by atoms with Crippen LogP contribution in [0.2, 0.25) is 0 Å². The van der Waals surface area contributed by atoms with Crippen molar-refractivity contribution in [3.05, 3.63) is 24.3 Å². The molecule has 1 aliphatic rings. The summed E-state index contributed by atoms with van der Waals surface area (Å²) in [5.74, 6) is 1.30. The number of amides is 1. The molecule has 1 aromatic rings. The molecule has 0 heterocycles. The number of rotatable bonds is 5. The van der Waals surface area contributed by atoms with Gasteiger partial charge in [-0.15, -0.1) is 0 Å². The highest BCUT2D eigenvalue weighted by atomic mass is 16.5. The molecule has 3 N–H and O–H groups in total.